The Morgan fingerprint density at radius 1 is 1.02 bits per heavy atom. The summed E-state index contributed by atoms with van der Waals surface area (Å²) in [5, 5.41) is 0. The summed E-state index contributed by atoms with van der Waals surface area (Å²) in [7, 11) is 0. The topological polar surface area (TPSA) is 96.0 Å². The number of rotatable bonds is 9. The maximum absolute atomic E-state index is 12.8. The maximum atomic E-state index is 12.8. The number of likely N-dealkylation sites (tertiary alicyclic amines) is 1. The molecule has 234 valence electrons. The standard InChI is InChI=1S/C35H40N6O4/c1-35(2,3)45-34(42)25-9-10-29-30(20-25)41(21-27-13-19-43-27)31(37-29)22-39-16-11-24(12-17-39)28-7-4-8-32(38-28)44-23-26-6-5-15-40-18-14-36-33(26)40/h4-10,14-15,18,20,24,27H,11-13,16-17,19,21-23H2,1-3H3. The van der Waals surface area contributed by atoms with E-state index in [9.17, 15) is 4.79 Å². The molecule has 0 aliphatic carbocycles. The van der Waals surface area contributed by atoms with E-state index in [2.05, 4.69) is 20.5 Å². The van der Waals surface area contributed by atoms with Crippen molar-refractivity contribution in [1.82, 2.24) is 28.8 Å². The first-order chi connectivity index (χ1) is 21.8. The zero-order valence-electron chi connectivity index (χ0n) is 26.2. The lowest BCUT2D eigenvalue weighted by Crippen LogP contribution is -2.35. The molecule has 10 nitrogen and oxygen atoms in total. The molecule has 4 aromatic heterocycles. The van der Waals surface area contributed by atoms with E-state index in [0.717, 1.165) is 85.8 Å². The van der Waals surface area contributed by atoms with E-state index in [1.54, 1.807) is 6.20 Å². The average molecular weight is 609 g/mol. The third-order valence-electron chi connectivity index (χ3n) is 8.63. The van der Waals surface area contributed by atoms with Gasteiger partial charge in [0.25, 0.3) is 0 Å². The highest BCUT2D eigenvalue weighted by molar-refractivity contribution is 5.94. The van der Waals surface area contributed by atoms with Crippen molar-refractivity contribution in [3.63, 3.8) is 0 Å². The zero-order chi connectivity index (χ0) is 31.0. The minimum Gasteiger partial charge on any atom is -0.473 e. The molecule has 0 N–H and O–H groups in total. The van der Waals surface area contributed by atoms with Crippen LogP contribution in [0.2, 0.25) is 0 Å². The van der Waals surface area contributed by atoms with Crippen molar-refractivity contribution in [2.24, 2.45) is 0 Å². The summed E-state index contributed by atoms with van der Waals surface area (Å²) < 4.78 is 21.8. The molecule has 0 saturated carbocycles. The molecule has 2 saturated heterocycles. The number of esters is 1. The summed E-state index contributed by atoms with van der Waals surface area (Å²) in [6.07, 6.45) is 8.95. The summed E-state index contributed by atoms with van der Waals surface area (Å²) in [6, 6.07) is 15.8. The van der Waals surface area contributed by atoms with Crippen LogP contribution in [0.5, 0.6) is 5.88 Å². The monoisotopic (exact) mass is 608 g/mol. The Kier molecular flexibility index (Phi) is 8.01. The van der Waals surface area contributed by atoms with Crippen molar-refractivity contribution in [2.45, 2.75) is 77.4 Å². The number of carbonyl (C=O) groups is 1. The van der Waals surface area contributed by atoms with Crippen molar-refractivity contribution >= 4 is 22.6 Å². The Bertz CT molecular complexity index is 1810. The Morgan fingerprint density at radius 3 is 2.64 bits per heavy atom. The molecule has 0 spiro atoms. The van der Waals surface area contributed by atoms with E-state index in [0.29, 0.717) is 24.0 Å². The van der Waals surface area contributed by atoms with E-state index in [1.807, 2.05) is 80.0 Å². The molecular formula is C35H40N6O4. The second-order valence-electron chi connectivity index (χ2n) is 13.1. The largest absolute Gasteiger partial charge is 0.473 e. The van der Waals surface area contributed by atoms with Gasteiger partial charge in [-0.2, -0.15) is 0 Å². The number of nitrogens with zero attached hydrogens (tertiary/aromatic N) is 6. The van der Waals surface area contributed by atoms with Gasteiger partial charge in [0, 0.05) is 48.4 Å². The van der Waals surface area contributed by atoms with E-state index in [-0.39, 0.29) is 12.1 Å². The fourth-order valence-corrected chi connectivity index (χ4v) is 6.19. The van der Waals surface area contributed by atoms with Crippen LogP contribution in [-0.4, -0.2) is 66.2 Å². The van der Waals surface area contributed by atoms with Crippen LogP contribution in [0.4, 0.5) is 0 Å². The molecular weight excluding hydrogens is 568 g/mol. The van der Waals surface area contributed by atoms with Crippen LogP contribution in [0.15, 0.2) is 67.1 Å². The number of carbonyl (C=O) groups excluding carboxylic acids is 1. The molecule has 1 atom stereocenters. The van der Waals surface area contributed by atoms with Gasteiger partial charge in [-0.15, -0.1) is 0 Å². The van der Waals surface area contributed by atoms with Crippen molar-refractivity contribution in [1.29, 1.82) is 0 Å². The predicted molar refractivity (Wildman–Crippen MR) is 170 cm³/mol. The number of piperidine rings is 1. The number of aromatic nitrogens is 5. The van der Waals surface area contributed by atoms with E-state index < -0.39 is 5.60 Å². The van der Waals surface area contributed by atoms with Crippen LogP contribution in [0.1, 0.15) is 73.4 Å². The Balaban J connectivity index is 1.02. The van der Waals surface area contributed by atoms with Crippen LogP contribution in [0.25, 0.3) is 16.7 Å². The maximum Gasteiger partial charge on any atom is 0.338 e. The number of pyridine rings is 2. The number of benzene rings is 1. The van der Waals surface area contributed by atoms with Crippen molar-refractivity contribution < 1.29 is 19.0 Å². The first kappa shape index (κ1) is 29.4. The first-order valence-corrected chi connectivity index (χ1v) is 15.9. The molecule has 2 fully saturated rings. The molecule has 5 aromatic rings. The van der Waals surface area contributed by atoms with Gasteiger partial charge in [-0.1, -0.05) is 12.1 Å². The fraction of sp³-hybridized carbons (Fsp3) is 0.429. The number of ether oxygens (including phenoxy) is 3. The average Bonchev–Trinajstić information content (AvgIpc) is 3.62. The van der Waals surface area contributed by atoms with Gasteiger partial charge in [0.05, 0.1) is 35.8 Å². The summed E-state index contributed by atoms with van der Waals surface area (Å²) in [6.45, 7) is 10.2. The fourth-order valence-electron chi connectivity index (χ4n) is 6.19. The van der Waals surface area contributed by atoms with Gasteiger partial charge in [-0.3, -0.25) is 4.90 Å². The lowest BCUT2D eigenvalue weighted by atomic mass is 9.93. The highest BCUT2D eigenvalue weighted by atomic mass is 16.6. The Morgan fingerprint density at radius 2 is 1.87 bits per heavy atom. The van der Waals surface area contributed by atoms with E-state index in [1.165, 1.54) is 0 Å². The lowest BCUT2D eigenvalue weighted by molar-refractivity contribution is -0.0592. The SMILES string of the molecule is CC(C)(C)OC(=O)c1ccc2nc(CN3CCC(c4cccc(OCc5cccn6ccnc56)n4)CC3)n(CC3CCO3)c2c1. The van der Waals surface area contributed by atoms with Crippen molar-refractivity contribution in [3.05, 3.63) is 89.8 Å². The smallest absolute Gasteiger partial charge is 0.338 e. The van der Waals surface area contributed by atoms with Gasteiger partial charge in [0.15, 0.2) is 0 Å². The molecule has 0 amide bonds. The number of fused-ring (bicyclic) bond motifs is 2. The Hall–Kier alpha value is -4.28. The van der Waals surface area contributed by atoms with Crippen molar-refractivity contribution in [2.75, 3.05) is 19.7 Å². The summed E-state index contributed by atoms with van der Waals surface area (Å²) in [5.41, 5.74) is 4.83. The minimum atomic E-state index is -0.553. The molecule has 1 unspecified atom stereocenters. The van der Waals surface area contributed by atoms with Crippen LogP contribution >= 0.6 is 0 Å². The first-order valence-electron chi connectivity index (χ1n) is 15.9. The lowest BCUT2D eigenvalue weighted by Gasteiger charge is -2.32. The minimum absolute atomic E-state index is 0.172. The van der Waals surface area contributed by atoms with Gasteiger partial charge in [-0.25, -0.2) is 19.7 Å². The number of imidazole rings is 2. The third kappa shape index (κ3) is 6.57. The molecule has 0 radical (unpaired) electrons. The molecule has 10 heteroatoms. The van der Waals surface area contributed by atoms with Crippen LogP contribution in [-0.2, 0) is 29.2 Å². The van der Waals surface area contributed by atoms with E-state index >= 15 is 0 Å². The zero-order valence-corrected chi connectivity index (χ0v) is 26.2. The molecule has 6 heterocycles. The summed E-state index contributed by atoms with van der Waals surface area (Å²) >= 11 is 0. The van der Waals surface area contributed by atoms with Crippen LogP contribution in [0.3, 0.4) is 0 Å². The van der Waals surface area contributed by atoms with Gasteiger partial charge in [-0.05, 0) is 83.5 Å². The van der Waals surface area contributed by atoms with Crippen molar-refractivity contribution in [3.8, 4) is 5.88 Å². The molecule has 0 bridgehead atoms. The number of hydrogen-bond acceptors (Lipinski definition) is 8. The van der Waals surface area contributed by atoms with Gasteiger partial charge in [0.1, 0.15) is 23.7 Å². The normalized spacial score (nSPS) is 17.9. The Labute approximate surface area is 263 Å². The quantitative estimate of drug-likeness (QED) is 0.194. The molecule has 45 heavy (non-hydrogen) atoms. The molecule has 2 aliphatic heterocycles. The summed E-state index contributed by atoms with van der Waals surface area (Å²) in [4.78, 5) is 29.7. The van der Waals surface area contributed by atoms with Gasteiger partial charge < -0.3 is 23.2 Å². The summed E-state index contributed by atoms with van der Waals surface area (Å²) in [5.74, 6) is 1.70. The second-order valence-corrected chi connectivity index (χ2v) is 13.1. The predicted octanol–water partition coefficient (Wildman–Crippen LogP) is 5.78. The number of hydrogen-bond donors (Lipinski definition) is 0. The van der Waals surface area contributed by atoms with Crippen LogP contribution < -0.4 is 4.74 Å². The second kappa shape index (κ2) is 12.3. The van der Waals surface area contributed by atoms with Gasteiger partial charge >= 0.3 is 5.97 Å². The van der Waals surface area contributed by atoms with E-state index in [4.69, 9.17) is 24.2 Å². The molecule has 1 aromatic carbocycles. The highest BCUT2D eigenvalue weighted by Gasteiger charge is 2.27. The highest BCUT2D eigenvalue weighted by Crippen LogP contribution is 2.30. The molecule has 7 rings (SSSR count). The third-order valence-corrected chi connectivity index (χ3v) is 8.63. The van der Waals surface area contributed by atoms with Crippen LogP contribution in [0, 0.1) is 0 Å². The molecule has 2 aliphatic rings. The van der Waals surface area contributed by atoms with Gasteiger partial charge in [0.2, 0.25) is 5.88 Å².